The molecule has 0 aliphatic carbocycles. The van der Waals surface area contributed by atoms with E-state index in [2.05, 4.69) is 14.4 Å². The summed E-state index contributed by atoms with van der Waals surface area (Å²) in [7, 11) is -3.57. The fourth-order valence-electron chi connectivity index (χ4n) is 0.870. The molecule has 0 aliphatic rings. The number of anilines is 1. The number of nitrogens with one attached hydrogen (secondary N) is 2. The molecule has 16 heavy (non-hydrogen) atoms. The number of ketones is 1. The molecule has 0 radical (unpaired) electrons. The van der Waals surface area contributed by atoms with Gasteiger partial charge < -0.3 is 0 Å². The van der Waals surface area contributed by atoms with Crippen molar-refractivity contribution >= 4 is 32.5 Å². The maximum atomic E-state index is 11.4. The number of aromatic nitrogens is 1. The highest BCUT2D eigenvalue weighted by atomic mass is 32.2. The molecule has 0 atom stereocenters. The van der Waals surface area contributed by atoms with E-state index in [1.807, 2.05) is 6.92 Å². The van der Waals surface area contributed by atoms with Gasteiger partial charge in [-0.25, -0.2) is 9.71 Å². The summed E-state index contributed by atoms with van der Waals surface area (Å²) < 4.78 is 27.4. The van der Waals surface area contributed by atoms with Gasteiger partial charge in [0.15, 0.2) is 10.9 Å². The van der Waals surface area contributed by atoms with Crippen LogP contribution in [0.4, 0.5) is 5.13 Å². The molecule has 8 heteroatoms. The van der Waals surface area contributed by atoms with Crippen molar-refractivity contribution < 1.29 is 13.2 Å². The van der Waals surface area contributed by atoms with Crippen molar-refractivity contribution in [2.45, 2.75) is 20.3 Å². The molecule has 1 heterocycles. The first-order chi connectivity index (χ1) is 7.44. The van der Waals surface area contributed by atoms with E-state index in [0.29, 0.717) is 13.0 Å². The monoisotopic (exact) mass is 263 g/mol. The normalized spacial score (nSPS) is 11.4. The van der Waals surface area contributed by atoms with Crippen molar-refractivity contribution in [3.63, 3.8) is 0 Å². The lowest BCUT2D eigenvalue weighted by Crippen LogP contribution is -2.30. The van der Waals surface area contributed by atoms with Crippen LogP contribution in [0.1, 0.15) is 30.8 Å². The minimum absolute atomic E-state index is 0.189. The molecule has 0 saturated carbocycles. The standard InChI is InChI=1S/C8H13N3O3S2/c1-3-4-9-16(13,14)11-8-10-7(5-15-8)6(2)12/h5,9H,3-4H2,1-2H3,(H,10,11). The summed E-state index contributed by atoms with van der Waals surface area (Å²) in [4.78, 5) is 14.8. The molecule has 0 saturated heterocycles. The molecule has 2 N–H and O–H groups in total. The highest BCUT2D eigenvalue weighted by molar-refractivity contribution is 7.91. The number of hydrogen-bond donors (Lipinski definition) is 2. The highest BCUT2D eigenvalue weighted by Crippen LogP contribution is 2.16. The molecule has 1 aromatic heterocycles. The fraction of sp³-hybridized carbons (Fsp3) is 0.500. The number of carbonyl (C=O) groups is 1. The maximum absolute atomic E-state index is 11.4. The first-order valence-corrected chi connectivity index (χ1v) is 7.04. The van der Waals surface area contributed by atoms with Crippen LogP contribution >= 0.6 is 11.3 Å². The lowest BCUT2D eigenvalue weighted by Gasteiger charge is -2.04. The molecule has 0 aromatic carbocycles. The van der Waals surface area contributed by atoms with Gasteiger partial charge in [0.2, 0.25) is 0 Å². The van der Waals surface area contributed by atoms with Crippen LogP contribution in [0.15, 0.2) is 5.38 Å². The van der Waals surface area contributed by atoms with Crippen molar-refractivity contribution in [1.29, 1.82) is 0 Å². The number of Topliss-reactive ketones (excluding diaryl/α,β-unsaturated/α-hetero) is 1. The molecular weight excluding hydrogens is 250 g/mol. The maximum Gasteiger partial charge on any atom is 0.300 e. The van der Waals surface area contributed by atoms with E-state index in [4.69, 9.17) is 0 Å². The minimum Gasteiger partial charge on any atom is -0.293 e. The molecular formula is C8H13N3O3S2. The Labute approximate surface area is 98.3 Å². The third kappa shape index (κ3) is 3.87. The molecule has 0 spiro atoms. The van der Waals surface area contributed by atoms with Crippen molar-refractivity contribution in [2.24, 2.45) is 0 Å². The summed E-state index contributed by atoms with van der Waals surface area (Å²) in [6.45, 7) is 3.60. The van der Waals surface area contributed by atoms with E-state index in [9.17, 15) is 13.2 Å². The summed E-state index contributed by atoms with van der Waals surface area (Å²) in [5, 5.41) is 1.70. The topological polar surface area (TPSA) is 88.2 Å². The summed E-state index contributed by atoms with van der Waals surface area (Å²) >= 11 is 1.08. The first-order valence-electron chi connectivity index (χ1n) is 4.68. The Morgan fingerprint density at radius 1 is 1.56 bits per heavy atom. The smallest absolute Gasteiger partial charge is 0.293 e. The van der Waals surface area contributed by atoms with Crippen molar-refractivity contribution in [3.8, 4) is 0 Å². The molecule has 0 aliphatic heterocycles. The van der Waals surface area contributed by atoms with Gasteiger partial charge in [-0.3, -0.25) is 4.79 Å². The zero-order valence-corrected chi connectivity index (χ0v) is 10.6. The second-order valence-electron chi connectivity index (χ2n) is 3.09. The Hall–Kier alpha value is -0.990. The van der Waals surface area contributed by atoms with Gasteiger partial charge in [0.1, 0.15) is 5.69 Å². The van der Waals surface area contributed by atoms with Gasteiger partial charge in [0.05, 0.1) is 0 Å². The number of thiazole rings is 1. The average Bonchev–Trinajstić information content (AvgIpc) is 2.62. The molecule has 0 amide bonds. The SMILES string of the molecule is CCCNS(=O)(=O)Nc1nc(C(C)=O)cs1. The predicted octanol–water partition coefficient (Wildman–Crippen LogP) is 1.00. The van der Waals surface area contributed by atoms with Crippen LogP contribution in [0.3, 0.4) is 0 Å². The molecule has 6 nitrogen and oxygen atoms in total. The summed E-state index contributed by atoms with van der Waals surface area (Å²) in [5.74, 6) is -0.191. The van der Waals surface area contributed by atoms with Crippen molar-refractivity contribution in [3.05, 3.63) is 11.1 Å². The number of carbonyl (C=O) groups excluding carboxylic acids is 1. The van der Waals surface area contributed by atoms with Crippen LogP contribution in [-0.2, 0) is 10.2 Å². The van der Waals surface area contributed by atoms with Crippen molar-refractivity contribution in [2.75, 3.05) is 11.3 Å². The van der Waals surface area contributed by atoms with E-state index in [0.717, 1.165) is 11.3 Å². The van der Waals surface area contributed by atoms with Crippen LogP contribution < -0.4 is 9.44 Å². The fourth-order valence-corrected chi connectivity index (χ4v) is 2.80. The number of nitrogens with zero attached hydrogens (tertiary/aromatic N) is 1. The van der Waals surface area contributed by atoms with Crippen LogP contribution in [0.25, 0.3) is 0 Å². The van der Waals surface area contributed by atoms with Crippen LogP contribution in [0, 0.1) is 0 Å². The van der Waals surface area contributed by atoms with E-state index < -0.39 is 10.2 Å². The van der Waals surface area contributed by atoms with Gasteiger partial charge in [-0.1, -0.05) is 6.92 Å². The third-order valence-corrected chi connectivity index (χ3v) is 3.56. The second kappa shape index (κ2) is 5.37. The zero-order valence-electron chi connectivity index (χ0n) is 8.98. The Morgan fingerprint density at radius 3 is 2.75 bits per heavy atom. The predicted molar refractivity (Wildman–Crippen MR) is 63.0 cm³/mol. The zero-order chi connectivity index (χ0) is 12.2. The van der Waals surface area contributed by atoms with Crippen LogP contribution in [0.5, 0.6) is 0 Å². The van der Waals surface area contributed by atoms with Crippen LogP contribution in [0.2, 0.25) is 0 Å². The van der Waals surface area contributed by atoms with Gasteiger partial charge >= 0.3 is 10.2 Å². The Morgan fingerprint density at radius 2 is 2.25 bits per heavy atom. The quantitative estimate of drug-likeness (QED) is 0.749. The molecule has 0 unspecified atom stereocenters. The average molecular weight is 263 g/mol. The summed E-state index contributed by atoms with van der Waals surface area (Å²) in [5.41, 5.74) is 0.262. The Balaban J connectivity index is 2.69. The van der Waals surface area contributed by atoms with E-state index in [1.165, 1.54) is 12.3 Å². The van der Waals surface area contributed by atoms with Gasteiger partial charge in [-0.15, -0.1) is 11.3 Å². The Kier molecular flexibility index (Phi) is 4.39. The number of rotatable bonds is 6. The lowest BCUT2D eigenvalue weighted by atomic mass is 10.4. The first kappa shape index (κ1) is 13.1. The molecule has 0 fully saturated rings. The third-order valence-electron chi connectivity index (χ3n) is 1.63. The molecule has 90 valence electrons. The van der Waals surface area contributed by atoms with Crippen LogP contribution in [-0.4, -0.2) is 25.7 Å². The highest BCUT2D eigenvalue weighted by Gasteiger charge is 2.12. The van der Waals surface area contributed by atoms with Crippen molar-refractivity contribution in [1.82, 2.24) is 9.71 Å². The van der Waals surface area contributed by atoms with E-state index in [1.54, 1.807) is 0 Å². The number of hydrogen-bond acceptors (Lipinski definition) is 5. The summed E-state index contributed by atoms with van der Waals surface area (Å²) in [6, 6.07) is 0. The van der Waals surface area contributed by atoms with E-state index >= 15 is 0 Å². The molecule has 0 bridgehead atoms. The largest absolute Gasteiger partial charge is 0.300 e. The van der Waals surface area contributed by atoms with E-state index in [-0.39, 0.29) is 16.6 Å². The summed E-state index contributed by atoms with van der Waals surface area (Å²) in [6.07, 6.45) is 0.706. The molecule has 1 rings (SSSR count). The van der Waals surface area contributed by atoms with Gasteiger partial charge in [0.25, 0.3) is 0 Å². The second-order valence-corrected chi connectivity index (χ2v) is 5.45. The van der Waals surface area contributed by atoms with Gasteiger partial charge in [-0.05, 0) is 6.42 Å². The Bertz CT molecular complexity index is 467. The minimum atomic E-state index is -3.57. The lowest BCUT2D eigenvalue weighted by molar-refractivity contribution is 0.101. The van der Waals surface area contributed by atoms with Gasteiger partial charge in [0, 0.05) is 18.8 Å². The molecule has 1 aromatic rings. The van der Waals surface area contributed by atoms with Gasteiger partial charge in [-0.2, -0.15) is 13.1 Å².